The smallest absolute Gasteiger partial charge is 0.129 e. The van der Waals surface area contributed by atoms with Crippen molar-refractivity contribution in [2.45, 2.75) is 51.5 Å². The van der Waals surface area contributed by atoms with Crippen molar-refractivity contribution in [3.63, 3.8) is 0 Å². The minimum atomic E-state index is 0.341. The molecule has 2 nitrogen and oxygen atoms in total. The van der Waals surface area contributed by atoms with Gasteiger partial charge >= 0.3 is 0 Å². The Hall–Kier alpha value is -0.370. The summed E-state index contributed by atoms with van der Waals surface area (Å²) in [5, 5.41) is 0. The van der Waals surface area contributed by atoms with Crippen molar-refractivity contribution in [2.24, 2.45) is 5.92 Å². The molecule has 2 bridgehead atoms. The standard InChI is InChI=1S/C12H21NO/c1-10(14)4-2-3-7-13-9-11-5-6-12(13)8-11/h11-12H,2-9H2,1H3. The van der Waals surface area contributed by atoms with E-state index < -0.39 is 0 Å². The predicted octanol–water partition coefficient (Wildman–Crippen LogP) is 2.23. The summed E-state index contributed by atoms with van der Waals surface area (Å²) in [5.74, 6) is 1.35. The minimum absolute atomic E-state index is 0.341. The van der Waals surface area contributed by atoms with E-state index in [1.807, 2.05) is 0 Å². The van der Waals surface area contributed by atoms with Gasteiger partial charge in [-0.2, -0.15) is 0 Å². The van der Waals surface area contributed by atoms with Gasteiger partial charge in [-0.1, -0.05) is 0 Å². The lowest BCUT2D eigenvalue weighted by molar-refractivity contribution is -0.117. The van der Waals surface area contributed by atoms with Crippen LogP contribution in [0.4, 0.5) is 0 Å². The molecule has 0 aromatic rings. The molecule has 2 aliphatic rings. The van der Waals surface area contributed by atoms with Crippen LogP contribution < -0.4 is 0 Å². The monoisotopic (exact) mass is 195 g/mol. The van der Waals surface area contributed by atoms with Gasteiger partial charge in [0.1, 0.15) is 5.78 Å². The molecule has 2 fully saturated rings. The molecule has 0 aromatic carbocycles. The second kappa shape index (κ2) is 4.43. The highest BCUT2D eigenvalue weighted by Gasteiger charge is 2.36. The summed E-state index contributed by atoms with van der Waals surface area (Å²) in [4.78, 5) is 13.4. The number of Topliss-reactive ketones (excluding diaryl/α,β-unsaturated/α-hetero) is 1. The van der Waals surface area contributed by atoms with Gasteiger partial charge in [0, 0.05) is 19.0 Å². The molecule has 0 radical (unpaired) electrons. The molecule has 2 rings (SSSR count). The number of hydrogen-bond acceptors (Lipinski definition) is 2. The number of piperidine rings is 1. The van der Waals surface area contributed by atoms with E-state index in [1.54, 1.807) is 6.92 Å². The van der Waals surface area contributed by atoms with Gasteiger partial charge in [0.05, 0.1) is 0 Å². The van der Waals surface area contributed by atoms with Crippen LogP contribution in [0, 0.1) is 5.92 Å². The molecule has 2 heteroatoms. The van der Waals surface area contributed by atoms with Crippen LogP contribution in [0.15, 0.2) is 0 Å². The minimum Gasteiger partial charge on any atom is -0.300 e. The number of carbonyl (C=O) groups is 1. The Morgan fingerprint density at radius 2 is 2.21 bits per heavy atom. The number of nitrogens with zero attached hydrogens (tertiary/aromatic N) is 1. The highest BCUT2D eigenvalue weighted by Crippen LogP contribution is 2.37. The van der Waals surface area contributed by atoms with Crippen molar-refractivity contribution in [1.29, 1.82) is 0 Å². The molecule has 1 saturated carbocycles. The van der Waals surface area contributed by atoms with E-state index in [-0.39, 0.29) is 0 Å². The van der Waals surface area contributed by atoms with E-state index in [0.717, 1.165) is 24.8 Å². The maximum atomic E-state index is 10.8. The fraction of sp³-hybridized carbons (Fsp3) is 0.917. The third-order valence-corrected chi connectivity index (χ3v) is 3.75. The molecule has 1 heterocycles. The third-order valence-electron chi connectivity index (χ3n) is 3.75. The number of unbranched alkanes of at least 4 members (excludes halogenated alkanes) is 1. The summed E-state index contributed by atoms with van der Waals surface area (Å²) in [6, 6.07) is 0.900. The zero-order chi connectivity index (χ0) is 9.97. The number of ketones is 1. The predicted molar refractivity (Wildman–Crippen MR) is 57.2 cm³/mol. The lowest BCUT2D eigenvalue weighted by Crippen LogP contribution is -2.32. The van der Waals surface area contributed by atoms with Crippen LogP contribution in [0.2, 0.25) is 0 Å². The van der Waals surface area contributed by atoms with Crippen molar-refractivity contribution < 1.29 is 4.79 Å². The first-order valence-electron chi connectivity index (χ1n) is 5.99. The molecule has 1 aliphatic heterocycles. The Morgan fingerprint density at radius 3 is 2.79 bits per heavy atom. The first-order valence-corrected chi connectivity index (χ1v) is 5.99. The number of hydrogen-bond donors (Lipinski definition) is 0. The average molecular weight is 195 g/mol. The maximum absolute atomic E-state index is 10.8. The third kappa shape index (κ3) is 2.35. The van der Waals surface area contributed by atoms with Gasteiger partial charge in [-0.15, -0.1) is 0 Å². The Labute approximate surface area is 86.7 Å². The van der Waals surface area contributed by atoms with Gasteiger partial charge < -0.3 is 9.69 Å². The maximum Gasteiger partial charge on any atom is 0.129 e. The van der Waals surface area contributed by atoms with Gasteiger partial charge in [0.2, 0.25) is 0 Å². The van der Waals surface area contributed by atoms with Crippen molar-refractivity contribution in [3.8, 4) is 0 Å². The normalized spacial score (nSPS) is 31.2. The fourth-order valence-corrected chi connectivity index (χ4v) is 2.99. The van der Waals surface area contributed by atoms with Crippen LogP contribution in [0.25, 0.3) is 0 Å². The molecule has 1 saturated heterocycles. The molecule has 0 spiro atoms. The second-order valence-corrected chi connectivity index (χ2v) is 4.99. The zero-order valence-corrected chi connectivity index (χ0v) is 9.17. The number of rotatable bonds is 5. The van der Waals surface area contributed by atoms with Gasteiger partial charge in [-0.25, -0.2) is 0 Å². The number of likely N-dealkylation sites (tertiary alicyclic amines) is 1. The summed E-state index contributed by atoms with van der Waals surface area (Å²) < 4.78 is 0. The topological polar surface area (TPSA) is 20.3 Å². The summed E-state index contributed by atoms with van der Waals surface area (Å²) in [7, 11) is 0. The van der Waals surface area contributed by atoms with Gasteiger partial charge in [-0.3, -0.25) is 0 Å². The van der Waals surface area contributed by atoms with Crippen LogP contribution in [0.5, 0.6) is 0 Å². The summed E-state index contributed by atoms with van der Waals surface area (Å²) in [6.45, 7) is 4.26. The molecular weight excluding hydrogens is 174 g/mol. The van der Waals surface area contributed by atoms with Crippen molar-refractivity contribution >= 4 is 5.78 Å². The van der Waals surface area contributed by atoms with E-state index in [1.165, 1.54) is 38.8 Å². The molecule has 14 heavy (non-hydrogen) atoms. The Bertz CT molecular complexity index is 214. The Kier molecular flexibility index (Phi) is 3.22. The van der Waals surface area contributed by atoms with E-state index in [9.17, 15) is 4.79 Å². The molecule has 0 aromatic heterocycles. The lowest BCUT2D eigenvalue weighted by Gasteiger charge is -2.26. The quantitative estimate of drug-likeness (QED) is 0.627. The zero-order valence-electron chi connectivity index (χ0n) is 9.17. The summed E-state index contributed by atoms with van der Waals surface area (Å²) in [6.07, 6.45) is 7.42. The highest BCUT2D eigenvalue weighted by molar-refractivity contribution is 5.75. The largest absolute Gasteiger partial charge is 0.300 e. The molecule has 2 unspecified atom stereocenters. The number of carbonyl (C=O) groups excluding carboxylic acids is 1. The van der Waals surface area contributed by atoms with Crippen molar-refractivity contribution in [2.75, 3.05) is 13.1 Å². The van der Waals surface area contributed by atoms with Gasteiger partial charge in [0.15, 0.2) is 0 Å². The molecule has 1 aliphatic carbocycles. The van der Waals surface area contributed by atoms with E-state index in [2.05, 4.69) is 4.90 Å². The van der Waals surface area contributed by atoms with Crippen LogP contribution >= 0.6 is 0 Å². The Balaban J connectivity index is 1.60. The summed E-state index contributed by atoms with van der Waals surface area (Å²) >= 11 is 0. The highest BCUT2D eigenvalue weighted by atomic mass is 16.1. The number of fused-ring (bicyclic) bond motifs is 2. The Morgan fingerprint density at radius 1 is 1.36 bits per heavy atom. The lowest BCUT2D eigenvalue weighted by atomic mass is 10.1. The van der Waals surface area contributed by atoms with Crippen LogP contribution in [-0.4, -0.2) is 29.8 Å². The van der Waals surface area contributed by atoms with Crippen LogP contribution in [0.1, 0.15) is 45.4 Å². The SMILES string of the molecule is CC(=O)CCCCN1CC2CCC1C2. The average Bonchev–Trinajstić information content (AvgIpc) is 2.73. The van der Waals surface area contributed by atoms with Gasteiger partial charge in [-0.05, 0) is 51.5 Å². The molecular formula is C12H21NO. The molecule has 2 atom stereocenters. The molecule has 80 valence electrons. The first-order chi connectivity index (χ1) is 6.75. The molecule has 0 amide bonds. The fourth-order valence-electron chi connectivity index (χ4n) is 2.99. The van der Waals surface area contributed by atoms with Crippen LogP contribution in [-0.2, 0) is 4.79 Å². The van der Waals surface area contributed by atoms with Crippen molar-refractivity contribution in [3.05, 3.63) is 0 Å². The molecule has 0 N–H and O–H groups in total. The summed E-state index contributed by atoms with van der Waals surface area (Å²) in [5.41, 5.74) is 0. The van der Waals surface area contributed by atoms with E-state index in [4.69, 9.17) is 0 Å². The van der Waals surface area contributed by atoms with Crippen LogP contribution in [0.3, 0.4) is 0 Å². The van der Waals surface area contributed by atoms with Crippen molar-refractivity contribution in [1.82, 2.24) is 4.90 Å². The second-order valence-electron chi connectivity index (χ2n) is 4.99. The van der Waals surface area contributed by atoms with E-state index in [0.29, 0.717) is 5.78 Å². The van der Waals surface area contributed by atoms with E-state index >= 15 is 0 Å². The first kappa shape index (κ1) is 10.2. The van der Waals surface area contributed by atoms with Gasteiger partial charge in [0.25, 0.3) is 0 Å².